The summed E-state index contributed by atoms with van der Waals surface area (Å²) in [7, 11) is 0. The van der Waals surface area contributed by atoms with Crippen molar-refractivity contribution in [2.24, 2.45) is 0 Å². The molecule has 0 aromatic heterocycles. The van der Waals surface area contributed by atoms with Crippen LogP contribution in [-0.4, -0.2) is 11.1 Å². The first-order valence-electron chi connectivity index (χ1n) is 10.2. The first kappa shape index (κ1) is 28.5. The number of benzene rings is 2. The van der Waals surface area contributed by atoms with Gasteiger partial charge in [0.25, 0.3) is 0 Å². The molecule has 0 fully saturated rings. The Labute approximate surface area is 195 Å². The van der Waals surface area contributed by atoms with Crippen LogP contribution in [0.25, 0.3) is 0 Å². The molecule has 0 aliphatic heterocycles. The van der Waals surface area contributed by atoms with Crippen LogP contribution < -0.4 is 0 Å². The molecular formula is C24H23F9O2. The molecule has 0 bridgehead atoms. The number of hydrogen-bond donors (Lipinski definition) is 1. The van der Waals surface area contributed by atoms with E-state index >= 15 is 0 Å². The molecule has 0 aliphatic carbocycles. The summed E-state index contributed by atoms with van der Waals surface area (Å²) in [5, 5.41) is 9.43. The van der Waals surface area contributed by atoms with Crippen LogP contribution >= 0.6 is 0 Å². The summed E-state index contributed by atoms with van der Waals surface area (Å²) in [6.07, 6.45) is -16.9. The van der Waals surface area contributed by atoms with Crippen molar-refractivity contribution in [3.05, 3.63) is 69.3 Å². The van der Waals surface area contributed by atoms with E-state index in [2.05, 4.69) is 0 Å². The summed E-state index contributed by atoms with van der Waals surface area (Å²) in [5.41, 5.74) is -9.64. The van der Waals surface area contributed by atoms with Crippen LogP contribution in [0.3, 0.4) is 0 Å². The van der Waals surface area contributed by atoms with Gasteiger partial charge in [0, 0.05) is 0 Å². The second kappa shape index (κ2) is 8.74. The normalized spacial score (nSPS) is 13.8. The summed E-state index contributed by atoms with van der Waals surface area (Å²) >= 11 is 0. The van der Waals surface area contributed by atoms with Gasteiger partial charge in [-0.3, -0.25) is 0 Å². The van der Waals surface area contributed by atoms with E-state index in [-0.39, 0.29) is 23.3 Å². The van der Waals surface area contributed by atoms with Gasteiger partial charge in [0.15, 0.2) is 0 Å². The summed E-state index contributed by atoms with van der Waals surface area (Å²) in [4.78, 5) is 11.6. The Morgan fingerprint density at radius 1 is 0.714 bits per heavy atom. The number of hydrogen-bond acceptors (Lipinski definition) is 1. The summed E-state index contributed by atoms with van der Waals surface area (Å²) in [6, 6.07) is 3.25. The van der Waals surface area contributed by atoms with E-state index in [0.717, 1.165) is 13.8 Å². The molecule has 0 saturated heterocycles. The largest absolute Gasteiger partial charge is 0.478 e. The zero-order valence-electron chi connectivity index (χ0n) is 19.4. The van der Waals surface area contributed by atoms with Crippen molar-refractivity contribution in [3.63, 3.8) is 0 Å². The Morgan fingerprint density at radius 3 is 1.51 bits per heavy atom. The molecule has 2 nitrogen and oxygen atoms in total. The van der Waals surface area contributed by atoms with Crippen molar-refractivity contribution < 1.29 is 49.4 Å². The summed E-state index contributed by atoms with van der Waals surface area (Å²) in [6.45, 7) is 7.19. The molecule has 0 radical (unpaired) electrons. The second-order valence-electron chi connectivity index (χ2n) is 9.94. The molecule has 0 saturated carbocycles. The van der Waals surface area contributed by atoms with Crippen molar-refractivity contribution in [2.75, 3.05) is 0 Å². The Balaban J connectivity index is 2.83. The zero-order chi connectivity index (χ0) is 27.4. The Kier molecular flexibility index (Phi) is 7.12. The number of carbonyl (C=O) groups is 1. The molecule has 194 valence electrons. The third-order valence-electron chi connectivity index (χ3n) is 5.52. The quantitative estimate of drug-likeness (QED) is 0.417. The smallest absolute Gasteiger partial charge is 0.416 e. The van der Waals surface area contributed by atoms with Gasteiger partial charge in [0.1, 0.15) is 0 Å². The van der Waals surface area contributed by atoms with E-state index in [1.165, 1.54) is 18.2 Å². The van der Waals surface area contributed by atoms with Gasteiger partial charge in [-0.25, -0.2) is 4.79 Å². The Bertz CT molecular complexity index is 1080. The Morgan fingerprint density at radius 2 is 1.17 bits per heavy atom. The molecule has 11 heteroatoms. The number of aromatic carboxylic acids is 1. The van der Waals surface area contributed by atoms with Gasteiger partial charge in [0.2, 0.25) is 0 Å². The topological polar surface area (TPSA) is 37.3 Å². The molecule has 35 heavy (non-hydrogen) atoms. The van der Waals surface area contributed by atoms with Gasteiger partial charge in [-0.05, 0) is 52.1 Å². The van der Waals surface area contributed by atoms with Crippen molar-refractivity contribution in [1.29, 1.82) is 0 Å². The highest BCUT2D eigenvalue weighted by atomic mass is 19.4. The van der Waals surface area contributed by atoms with Gasteiger partial charge in [0.05, 0.1) is 22.3 Å². The number of carboxylic acid groups (broad SMARTS) is 1. The fourth-order valence-corrected chi connectivity index (χ4v) is 4.09. The minimum atomic E-state index is -5.50. The maximum absolute atomic E-state index is 13.8. The van der Waals surface area contributed by atoms with Crippen LogP contribution in [0.2, 0.25) is 0 Å². The van der Waals surface area contributed by atoms with Crippen LogP contribution in [0.5, 0.6) is 0 Å². The third-order valence-corrected chi connectivity index (χ3v) is 5.52. The van der Waals surface area contributed by atoms with E-state index in [9.17, 15) is 49.4 Å². The number of alkyl halides is 9. The van der Waals surface area contributed by atoms with Gasteiger partial charge >= 0.3 is 24.5 Å². The molecule has 0 aliphatic rings. The highest BCUT2D eigenvalue weighted by molar-refractivity contribution is 5.90. The SMILES string of the molecule is CC(C)(C)c1cc(CC(C)(C)c2c(C(F)(F)F)cc(C(F)(F)F)cc2C(F)(F)F)ccc1C(=O)O. The highest BCUT2D eigenvalue weighted by Gasteiger charge is 2.48. The first-order valence-corrected chi connectivity index (χ1v) is 10.2. The van der Waals surface area contributed by atoms with Gasteiger partial charge in [-0.1, -0.05) is 46.8 Å². The van der Waals surface area contributed by atoms with Crippen LogP contribution in [0.4, 0.5) is 39.5 Å². The minimum absolute atomic E-state index is 0.0828. The van der Waals surface area contributed by atoms with Gasteiger partial charge in [-0.15, -0.1) is 0 Å². The minimum Gasteiger partial charge on any atom is -0.478 e. The fraction of sp³-hybridized carbons (Fsp3) is 0.458. The third kappa shape index (κ3) is 6.29. The molecule has 0 atom stereocenters. The van der Waals surface area contributed by atoms with Crippen molar-refractivity contribution >= 4 is 5.97 Å². The lowest BCUT2D eigenvalue weighted by atomic mass is 9.73. The Hall–Kier alpha value is -2.72. The lowest BCUT2D eigenvalue weighted by Crippen LogP contribution is -2.31. The maximum atomic E-state index is 13.8. The predicted octanol–water partition coefficient (Wildman–Crippen LogP) is 8.26. The first-order chi connectivity index (χ1) is 15.5. The average Bonchev–Trinajstić information content (AvgIpc) is 2.63. The van der Waals surface area contributed by atoms with Crippen LogP contribution in [0.1, 0.15) is 78.4 Å². The lowest BCUT2D eigenvalue weighted by molar-refractivity contribution is -0.150. The van der Waals surface area contributed by atoms with Crippen LogP contribution in [0.15, 0.2) is 30.3 Å². The number of rotatable bonds is 4. The standard InChI is InChI=1S/C24H23F9O2/c1-20(2,3)15-8-12(6-7-14(15)19(34)35)11-21(4,5)18-16(23(28,29)30)9-13(22(25,26)27)10-17(18)24(31,32)33/h6-10H,11H2,1-5H3,(H,34,35). The predicted molar refractivity (Wildman–Crippen MR) is 110 cm³/mol. The van der Waals surface area contributed by atoms with Crippen molar-refractivity contribution in [2.45, 2.75) is 70.4 Å². The van der Waals surface area contributed by atoms with Crippen molar-refractivity contribution in [3.8, 4) is 0 Å². The summed E-state index contributed by atoms with van der Waals surface area (Å²) in [5.74, 6) is -1.26. The zero-order valence-corrected chi connectivity index (χ0v) is 19.4. The highest BCUT2D eigenvalue weighted by Crippen LogP contribution is 2.48. The van der Waals surface area contributed by atoms with E-state index in [1.807, 2.05) is 0 Å². The number of carboxylic acids is 1. The fourth-order valence-electron chi connectivity index (χ4n) is 4.09. The molecule has 2 rings (SSSR count). The van der Waals surface area contributed by atoms with E-state index < -0.39 is 64.0 Å². The maximum Gasteiger partial charge on any atom is 0.416 e. The molecule has 0 spiro atoms. The molecule has 0 amide bonds. The van der Waals surface area contributed by atoms with Crippen molar-refractivity contribution in [1.82, 2.24) is 0 Å². The van der Waals surface area contributed by atoms with Gasteiger partial charge < -0.3 is 5.11 Å². The molecule has 2 aromatic rings. The number of halogens is 9. The van der Waals surface area contributed by atoms with E-state index in [1.54, 1.807) is 20.8 Å². The van der Waals surface area contributed by atoms with Crippen LogP contribution in [0, 0.1) is 0 Å². The second-order valence-corrected chi connectivity index (χ2v) is 9.94. The summed E-state index contributed by atoms with van der Waals surface area (Å²) < 4.78 is 122. The van der Waals surface area contributed by atoms with E-state index in [0.29, 0.717) is 5.56 Å². The lowest BCUT2D eigenvalue weighted by Gasteiger charge is -2.33. The molecule has 0 unspecified atom stereocenters. The molecule has 2 aromatic carbocycles. The molecule has 1 N–H and O–H groups in total. The average molecular weight is 514 g/mol. The van der Waals surface area contributed by atoms with Crippen LogP contribution in [-0.2, 0) is 35.8 Å². The monoisotopic (exact) mass is 514 g/mol. The van der Waals surface area contributed by atoms with Gasteiger partial charge in [-0.2, -0.15) is 39.5 Å². The molecular weight excluding hydrogens is 491 g/mol. The van der Waals surface area contributed by atoms with E-state index in [4.69, 9.17) is 0 Å². The molecule has 0 heterocycles.